The third-order valence-corrected chi connectivity index (χ3v) is 3.40. The van der Waals surface area contributed by atoms with Crippen molar-refractivity contribution in [2.75, 3.05) is 5.01 Å². The first kappa shape index (κ1) is 16.8. The minimum Gasteiger partial charge on any atom is -0.397 e. The minimum atomic E-state index is -4.04. The zero-order valence-electron chi connectivity index (χ0n) is 12.5. The fraction of sp³-hybridized carbons (Fsp3) is 0.0667. The molecule has 0 bridgehead atoms. The van der Waals surface area contributed by atoms with Crippen LogP contribution in [0, 0.1) is 6.92 Å². The van der Waals surface area contributed by atoms with E-state index < -0.39 is 10.3 Å². The molecule has 0 aliphatic carbocycles. The van der Waals surface area contributed by atoms with Crippen LogP contribution < -0.4 is 25.9 Å². The van der Waals surface area contributed by atoms with Crippen molar-refractivity contribution in [1.82, 2.24) is 0 Å². The van der Waals surface area contributed by atoms with Crippen LogP contribution in [0.25, 0.3) is 5.70 Å². The Kier molecular flexibility index (Phi) is 4.89. The summed E-state index contributed by atoms with van der Waals surface area (Å²) in [6.07, 6.45) is 1.57. The van der Waals surface area contributed by atoms with Crippen LogP contribution in [-0.4, -0.2) is 8.42 Å². The maximum Gasteiger partial charge on any atom is 0.380 e. The zero-order valence-corrected chi connectivity index (χ0v) is 13.3. The van der Waals surface area contributed by atoms with Gasteiger partial charge in [0, 0.05) is 6.20 Å². The molecule has 0 aliphatic heterocycles. The van der Waals surface area contributed by atoms with E-state index in [2.05, 4.69) is 4.18 Å². The molecule has 2 rings (SSSR count). The molecule has 0 unspecified atom stereocenters. The predicted molar refractivity (Wildman–Crippen MR) is 90.2 cm³/mol. The SMILES string of the molecule is Cc1cccc(N(N)/C=C(\N)c2ccc(OS(N)(=O)=O)cc2)c1. The van der Waals surface area contributed by atoms with E-state index in [1.165, 1.54) is 17.1 Å². The second kappa shape index (κ2) is 6.69. The summed E-state index contributed by atoms with van der Waals surface area (Å²) in [5.41, 5.74) is 8.95. The number of nitrogens with zero attached hydrogens (tertiary/aromatic N) is 1. The molecule has 2 aromatic carbocycles. The van der Waals surface area contributed by atoms with Gasteiger partial charge in [-0.2, -0.15) is 13.6 Å². The van der Waals surface area contributed by atoms with E-state index in [1.54, 1.807) is 18.3 Å². The number of aryl methyl sites for hydroxylation is 1. The van der Waals surface area contributed by atoms with Gasteiger partial charge in [0.25, 0.3) is 0 Å². The van der Waals surface area contributed by atoms with Gasteiger partial charge in [0.15, 0.2) is 0 Å². The van der Waals surface area contributed by atoms with Gasteiger partial charge in [0.05, 0.1) is 11.4 Å². The Bertz CT molecular complexity index is 817. The Morgan fingerprint density at radius 2 is 1.83 bits per heavy atom. The molecule has 0 fully saturated rings. The number of anilines is 1. The van der Waals surface area contributed by atoms with Crippen molar-refractivity contribution >= 4 is 21.7 Å². The summed E-state index contributed by atoms with van der Waals surface area (Å²) < 4.78 is 26.2. The zero-order chi connectivity index (χ0) is 17.0. The molecule has 0 amide bonds. The molecule has 0 saturated carbocycles. The summed E-state index contributed by atoms with van der Waals surface area (Å²) in [6.45, 7) is 1.97. The van der Waals surface area contributed by atoms with Crippen LogP contribution in [0.15, 0.2) is 54.7 Å². The van der Waals surface area contributed by atoms with Gasteiger partial charge >= 0.3 is 10.3 Å². The third kappa shape index (κ3) is 4.99. The fourth-order valence-electron chi connectivity index (χ4n) is 1.92. The Morgan fingerprint density at radius 3 is 2.39 bits per heavy atom. The monoisotopic (exact) mass is 334 g/mol. The number of benzene rings is 2. The topological polar surface area (TPSA) is 125 Å². The maximum absolute atomic E-state index is 10.8. The van der Waals surface area contributed by atoms with Gasteiger partial charge in [-0.1, -0.05) is 12.1 Å². The average molecular weight is 334 g/mol. The molecule has 0 atom stereocenters. The average Bonchev–Trinajstić information content (AvgIpc) is 2.46. The van der Waals surface area contributed by atoms with Crippen LogP contribution >= 0.6 is 0 Å². The van der Waals surface area contributed by atoms with E-state index in [0.717, 1.165) is 11.3 Å². The standard InChI is InChI=1S/C15H18N4O3S/c1-11-3-2-4-13(9-11)19(17)10-15(16)12-5-7-14(8-6-12)22-23(18,20)21/h2-10H,16-17H2,1H3,(H2,18,20,21)/b15-10-. The minimum absolute atomic E-state index is 0.104. The lowest BCUT2D eigenvalue weighted by molar-refractivity contribution is 0.488. The first-order valence-electron chi connectivity index (χ1n) is 6.65. The molecule has 0 radical (unpaired) electrons. The molecule has 0 aromatic heterocycles. The van der Waals surface area contributed by atoms with Crippen molar-refractivity contribution in [3.05, 3.63) is 65.9 Å². The van der Waals surface area contributed by atoms with Crippen LogP contribution in [-0.2, 0) is 10.3 Å². The number of rotatable bonds is 5. The number of nitrogens with two attached hydrogens (primary N) is 3. The van der Waals surface area contributed by atoms with E-state index in [4.69, 9.17) is 16.7 Å². The van der Waals surface area contributed by atoms with Gasteiger partial charge in [-0.05, 0) is 54.4 Å². The third-order valence-electron chi connectivity index (χ3n) is 2.98. The van der Waals surface area contributed by atoms with Crippen molar-refractivity contribution < 1.29 is 12.6 Å². The quantitative estimate of drug-likeness (QED) is 0.557. The highest BCUT2D eigenvalue weighted by Crippen LogP contribution is 2.19. The smallest absolute Gasteiger partial charge is 0.380 e. The highest BCUT2D eigenvalue weighted by Gasteiger charge is 2.06. The highest BCUT2D eigenvalue weighted by atomic mass is 32.2. The van der Waals surface area contributed by atoms with Crippen LogP contribution in [0.1, 0.15) is 11.1 Å². The highest BCUT2D eigenvalue weighted by molar-refractivity contribution is 7.84. The van der Waals surface area contributed by atoms with Crippen molar-refractivity contribution in [3.8, 4) is 5.75 Å². The summed E-state index contributed by atoms with van der Waals surface area (Å²) in [7, 11) is -4.04. The van der Waals surface area contributed by atoms with Crippen LogP contribution in [0.2, 0.25) is 0 Å². The lowest BCUT2D eigenvalue weighted by Crippen LogP contribution is -2.25. The van der Waals surface area contributed by atoms with Gasteiger partial charge in [0.1, 0.15) is 5.75 Å². The van der Waals surface area contributed by atoms with E-state index in [-0.39, 0.29) is 5.75 Å². The van der Waals surface area contributed by atoms with Crippen LogP contribution in [0.5, 0.6) is 5.75 Å². The summed E-state index contributed by atoms with van der Waals surface area (Å²) in [5, 5.41) is 6.21. The van der Waals surface area contributed by atoms with E-state index in [9.17, 15) is 8.42 Å². The number of hydrogen-bond acceptors (Lipinski definition) is 6. The molecule has 23 heavy (non-hydrogen) atoms. The molecule has 6 N–H and O–H groups in total. The second-order valence-corrected chi connectivity index (χ2v) is 6.08. The van der Waals surface area contributed by atoms with Crippen molar-refractivity contribution in [1.29, 1.82) is 0 Å². The van der Waals surface area contributed by atoms with Gasteiger partial charge in [0.2, 0.25) is 0 Å². The van der Waals surface area contributed by atoms with Crippen molar-refractivity contribution in [2.24, 2.45) is 16.7 Å². The fourth-order valence-corrected chi connectivity index (χ4v) is 2.30. The maximum atomic E-state index is 10.8. The van der Waals surface area contributed by atoms with Gasteiger partial charge in [-0.3, -0.25) is 5.01 Å². The first-order chi connectivity index (χ1) is 10.7. The summed E-state index contributed by atoms with van der Waals surface area (Å²) in [5.74, 6) is 6.08. The van der Waals surface area contributed by atoms with Gasteiger partial charge in [-0.15, -0.1) is 0 Å². The Hall–Kier alpha value is -2.55. The molecule has 122 valence electrons. The predicted octanol–water partition coefficient (Wildman–Crippen LogP) is 1.21. The van der Waals surface area contributed by atoms with E-state index in [1.807, 2.05) is 31.2 Å². The van der Waals surface area contributed by atoms with Gasteiger partial charge < -0.3 is 9.92 Å². The second-order valence-electron chi connectivity index (χ2n) is 4.93. The van der Waals surface area contributed by atoms with Crippen LogP contribution in [0.4, 0.5) is 5.69 Å². The molecule has 8 heteroatoms. The molecule has 0 aliphatic rings. The van der Waals surface area contributed by atoms with E-state index >= 15 is 0 Å². The first-order valence-corrected chi connectivity index (χ1v) is 8.12. The molecule has 0 spiro atoms. The largest absolute Gasteiger partial charge is 0.397 e. The molecule has 7 nitrogen and oxygen atoms in total. The molecule has 0 saturated heterocycles. The molecular weight excluding hydrogens is 316 g/mol. The molecule has 0 heterocycles. The lowest BCUT2D eigenvalue weighted by atomic mass is 10.1. The normalized spacial score (nSPS) is 12.0. The van der Waals surface area contributed by atoms with Gasteiger partial charge in [-0.25, -0.2) is 5.84 Å². The van der Waals surface area contributed by atoms with Crippen LogP contribution in [0.3, 0.4) is 0 Å². The van der Waals surface area contributed by atoms with E-state index in [0.29, 0.717) is 11.3 Å². The Balaban J connectivity index is 2.17. The van der Waals surface area contributed by atoms with Crippen molar-refractivity contribution in [3.63, 3.8) is 0 Å². The number of hydrazine groups is 1. The molecular formula is C15H18N4O3S. The molecule has 2 aromatic rings. The Morgan fingerprint density at radius 1 is 1.17 bits per heavy atom. The number of hydrogen-bond donors (Lipinski definition) is 3. The Labute approximate surface area is 135 Å². The van der Waals surface area contributed by atoms with Crippen molar-refractivity contribution in [2.45, 2.75) is 6.92 Å². The summed E-state index contributed by atoms with van der Waals surface area (Å²) in [6, 6.07) is 13.8. The lowest BCUT2D eigenvalue weighted by Gasteiger charge is -2.16. The summed E-state index contributed by atoms with van der Waals surface area (Å²) in [4.78, 5) is 0. The summed E-state index contributed by atoms with van der Waals surface area (Å²) >= 11 is 0.